The molecule has 0 radical (unpaired) electrons. The highest BCUT2D eigenvalue weighted by Crippen LogP contribution is 2.26. The molecule has 0 aliphatic rings. The van der Waals surface area contributed by atoms with Crippen molar-refractivity contribution in [1.29, 1.82) is 0 Å². The second-order valence-electron chi connectivity index (χ2n) is 8.22. The average Bonchev–Trinajstić information content (AvgIpc) is 3.32. The molecule has 0 aliphatic heterocycles. The van der Waals surface area contributed by atoms with Gasteiger partial charge in [0.2, 0.25) is 0 Å². The number of fused-ring (bicyclic) bond motifs is 1. The Labute approximate surface area is 201 Å². The van der Waals surface area contributed by atoms with Crippen LogP contribution in [0.4, 0.5) is 14.5 Å². The number of halogens is 2. The van der Waals surface area contributed by atoms with E-state index in [0.29, 0.717) is 46.0 Å². The SMILES string of the molecule is CCC(=O)Oc1c(C)nn(Cc2ccc(NC(=O)c3cc4cc(F)ccc4n3CC)cc2F)c1C. The molecule has 1 N–H and O–H groups in total. The summed E-state index contributed by atoms with van der Waals surface area (Å²) in [4.78, 5) is 24.6. The van der Waals surface area contributed by atoms with E-state index in [-0.39, 0.29) is 24.8 Å². The molecule has 0 spiro atoms. The number of aromatic nitrogens is 3. The van der Waals surface area contributed by atoms with Crippen molar-refractivity contribution in [1.82, 2.24) is 14.3 Å². The van der Waals surface area contributed by atoms with Gasteiger partial charge >= 0.3 is 5.97 Å². The number of amides is 1. The minimum absolute atomic E-state index is 0.131. The highest BCUT2D eigenvalue weighted by Gasteiger charge is 2.18. The van der Waals surface area contributed by atoms with Crippen LogP contribution in [0.1, 0.15) is 47.7 Å². The van der Waals surface area contributed by atoms with Gasteiger partial charge in [0.15, 0.2) is 5.75 Å². The van der Waals surface area contributed by atoms with E-state index in [9.17, 15) is 18.4 Å². The first-order valence-corrected chi connectivity index (χ1v) is 11.3. The van der Waals surface area contributed by atoms with Gasteiger partial charge in [0.1, 0.15) is 23.0 Å². The van der Waals surface area contributed by atoms with Crippen molar-refractivity contribution in [3.8, 4) is 5.75 Å². The van der Waals surface area contributed by atoms with Crippen LogP contribution >= 0.6 is 0 Å². The molecular formula is C26H26F2N4O3. The quantitative estimate of drug-likeness (QED) is 0.361. The first kappa shape index (κ1) is 24.1. The normalized spacial score (nSPS) is 11.1. The van der Waals surface area contributed by atoms with Gasteiger partial charge in [0, 0.05) is 35.1 Å². The number of carbonyl (C=O) groups is 2. The smallest absolute Gasteiger partial charge is 0.311 e. The second-order valence-corrected chi connectivity index (χ2v) is 8.22. The maximum atomic E-state index is 14.9. The molecule has 0 aliphatic carbocycles. The third kappa shape index (κ3) is 4.80. The summed E-state index contributed by atoms with van der Waals surface area (Å²) in [6.45, 7) is 7.72. The summed E-state index contributed by atoms with van der Waals surface area (Å²) >= 11 is 0. The Hall–Kier alpha value is -4.01. The van der Waals surface area contributed by atoms with Crippen LogP contribution in [0.5, 0.6) is 5.75 Å². The number of anilines is 1. The lowest BCUT2D eigenvalue weighted by atomic mass is 10.2. The maximum absolute atomic E-state index is 14.9. The van der Waals surface area contributed by atoms with Gasteiger partial charge in [-0.1, -0.05) is 13.0 Å². The number of aryl methyl sites for hydroxylation is 2. The topological polar surface area (TPSA) is 78.2 Å². The van der Waals surface area contributed by atoms with E-state index in [4.69, 9.17) is 4.74 Å². The lowest BCUT2D eigenvalue weighted by Gasteiger charge is -2.11. The van der Waals surface area contributed by atoms with E-state index in [1.54, 1.807) is 54.3 Å². The summed E-state index contributed by atoms with van der Waals surface area (Å²) in [6.07, 6.45) is 0.238. The van der Waals surface area contributed by atoms with Crippen LogP contribution < -0.4 is 10.1 Å². The number of benzene rings is 2. The van der Waals surface area contributed by atoms with Gasteiger partial charge < -0.3 is 14.6 Å². The summed E-state index contributed by atoms with van der Waals surface area (Å²) in [5.74, 6) is -1.30. The lowest BCUT2D eigenvalue weighted by Crippen LogP contribution is -2.17. The third-order valence-electron chi connectivity index (χ3n) is 5.86. The van der Waals surface area contributed by atoms with Crippen molar-refractivity contribution in [2.75, 3.05) is 5.32 Å². The molecule has 0 atom stereocenters. The Morgan fingerprint density at radius 1 is 1.06 bits per heavy atom. The molecule has 2 aromatic heterocycles. The van der Waals surface area contributed by atoms with E-state index in [0.717, 1.165) is 5.52 Å². The molecule has 35 heavy (non-hydrogen) atoms. The number of hydrogen-bond acceptors (Lipinski definition) is 4. The van der Waals surface area contributed by atoms with Crippen molar-refractivity contribution in [3.05, 3.63) is 76.7 Å². The van der Waals surface area contributed by atoms with Gasteiger partial charge in [-0.3, -0.25) is 14.3 Å². The second kappa shape index (κ2) is 9.69. The van der Waals surface area contributed by atoms with Gasteiger partial charge in [-0.05, 0) is 57.2 Å². The Morgan fingerprint density at radius 3 is 2.51 bits per heavy atom. The summed E-state index contributed by atoms with van der Waals surface area (Å²) in [5, 5.41) is 7.70. The van der Waals surface area contributed by atoms with Crippen LogP contribution in [0.3, 0.4) is 0 Å². The highest BCUT2D eigenvalue weighted by molar-refractivity contribution is 6.06. The Balaban J connectivity index is 1.54. The zero-order valence-corrected chi connectivity index (χ0v) is 20.0. The Bertz CT molecular complexity index is 1440. The average molecular weight is 481 g/mol. The van der Waals surface area contributed by atoms with Crippen molar-refractivity contribution < 1.29 is 23.1 Å². The monoisotopic (exact) mass is 480 g/mol. The number of hydrogen-bond donors (Lipinski definition) is 1. The lowest BCUT2D eigenvalue weighted by molar-refractivity contribution is -0.134. The van der Waals surface area contributed by atoms with Crippen LogP contribution in [0, 0.1) is 25.5 Å². The predicted molar refractivity (Wildman–Crippen MR) is 129 cm³/mol. The van der Waals surface area contributed by atoms with E-state index in [1.807, 2.05) is 6.92 Å². The molecule has 9 heteroatoms. The van der Waals surface area contributed by atoms with Gasteiger partial charge in [-0.15, -0.1) is 0 Å². The highest BCUT2D eigenvalue weighted by atomic mass is 19.1. The first-order valence-electron chi connectivity index (χ1n) is 11.3. The van der Waals surface area contributed by atoms with Crippen LogP contribution in [0.2, 0.25) is 0 Å². The van der Waals surface area contributed by atoms with Crippen LogP contribution in [0.15, 0.2) is 42.5 Å². The van der Waals surface area contributed by atoms with E-state index >= 15 is 0 Å². The molecular weight excluding hydrogens is 454 g/mol. The van der Waals surface area contributed by atoms with E-state index in [1.165, 1.54) is 18.2 Å². The molecule has 7 nitrogen and oxygen atoms in total. The minimum atomic E-state index is -0.513. The molecule has 4 aromatic rings. The fourth-order valence-corrected chi connectivity index (χ4v) is 4.05. The summed E-state index contributed by atoms with van der Waals surface area (Å²) in [6, 6.07) is 10.4. The number of nitrogens with zero attached hydrogens (tertiary/aromatic N) is 3. The van der Waals surface area contributed by atoms with Crippen LogP contribution in [-0.4, -0.2) is 26.2 Å². The number of carbonyl (C=O) groups excluding carboxylic acids is 2. The third-order valence-corrected chi connectivity index (χ3v) is 5.86. The van der Waals surface area contributed by atoms with Crippen molar-refractivity contribution in [2.45, 2.75) is 47.2 Å². The molecule has 182 valence electrons. The summed E-state index contributed by atoms with van der Waals surface area (Å²) in [5.41, 5.74) is 2.91. The molecule has 2 heterocycles. The standard InChI is InChI=1S/C26H26F2N4O3/c1-5-24(33)35-25-15(3)30-32(16(25)4)14-17-7-9-20(13-21(17)28)29-26(34)23-12-18-11-19(27)8-10-22(18)31(23)6-2/h7-13H,5-6,14H2,1-4H3,(H,29,34). The number of esters is 1. The van der Waals surface area contributed by atoms with E-state index in [2.05, 4.69) is 10.4 Å². The molecule has 0 bridgehead atoms. The molecule has 0 unspecified atom stereocenters. The number of rotatable bonds is 7. The maximum Gasteiger partial charge on any atom is 0.311 e. The molecule has 0 saturated carbocycles. The molecule has 1 amide bonds. The molecule has 2 aromatic carbocycles. The predicted octanol–water partition coefficient (Wildman–Crippen LogP) is 5.37. The Morgan fingerprint density at radius 2 is 1.83 bits per heavy atom. The largest absolute Gasteiger partial charge is 0.423 e. The molecule has 0 saturated heterocycles. The van der Waals surface area contributed by atoms with Crippen LogP contribution in [-0.2, 0) is 17.9 Å². The van der Waals surface area contributed by atoms with Gasteiger partial charge in [-0.25, -0.2) is 8.78 Å². The summed E-state index contributed by atoms with van der Waals surface area (Å²) in [7, 11) is 0. The fraction of sp³-hybridized carbons (Fsp3) is 0.269. The summed E-state index contributed by atoms with van der Waals surface area (Å²) < 4.78 is 37.2. The molecule has 4 rings (SSSR count). The first-order chi connectivity index (χ1) is 16.7. The van der Waals surface area contributed by atoms with Crippen LogP contribution in [0.25, 0.3) is 10.9 Å². The van der Waals surface area contributed by atoms with Crippen molar-refractivity contribution in [2.24, 2.45) is 0 Å². The Kier molecular flexibility index (Phi) is 6.68. The van der Waals surface area contributed by atoms with E-state index < -0.39 is 11.7 Å². The zero-order chi connectivity index (χ0) is 25.3. The zero-order valence-electron chi connectivity index (χ0n) is 20.0. The van der Waals surface area contributed by atoms with Gasteiger partial charge in [0.05, 0.1) is 12.2 Å². The van der Waals surface area contributed by atoms with Gasteiger partial charge in [0.25, 0.3) is 5.91 Å². The number of ether oxygens (including phenoxy) is 1. The molecule has 0 fully saturated rings. The van der Waals surface area contributed by atoms with Crippen molar-refractivity contribution in [3.63, 3.8) is 0 Å². The minimum Gasteiger partial charge on any atom is -0.423 e. The fourth-order valence-electron chi connectivity index (χ4n) is 4.05. The number of nitrogens with one attached hydrogen (secondary N) is 1. The van der Waals surface area contributed by atoms with Gasteiger partial charge in [-0.2, -0.15) is 5.10 Å². The van der Waals surface area contributed by atoms with Crippen molar-refractivity contribution >= 4 is 28.5 Å².